The molecule has 1 rings (SSSR count). The van der Waals surface area contributed by atoms with Gasteiger partial charge in [-0.05, 0) is 6.26 Å². The summed E-state index contributed by atoms with van der Waals surface area (Å²) in [6.07, 6.45) is -3.03. The van der Waals surface area contributed by atoms with Gasteiger partial charge >= 0.3 is 6.18 Å². The first-order chi connectivity index (χ1) is 6.36. The Kier molecular flexibility index (Phi) is 3.49. The van der Waals surface area contributed by atoms with Gasteiger partial charge in [0.15, 0.2) is 5.16 Å². The molecule has 0 saturated carbocycles. The lowest BCUT2D eigenvalue weighted by atomic mass is 10.3. The van der Waals surface area contributed by atoms with Crippen LogP contribution in [-0.4, -0.2) is 16.2 Å². The maximum Gasteiger partial charge on any atom is 0.422 e. The first kappa shape index (κ1) is 11.9. The van der Waals surface area contributed by atoms with Crippen molar-refractivity contribution in [2.75, 3.05) is 6.26 Å². The Bertz CT molecular complexity index is 332. The fourth-order valence-electron chi connectivity index (χ4n) is 0.715. The lowest BCUT2D eigenvalue weighted by Gasteiger charge is -2.09. The minimum atomic E-state index is -4.63. The topological polar surface area (TPSA) is 25.8 Å². The average Bonchev–Trinajstić information content (AvgIpc) is 1.99. The molecule has 0 aliphatic carbocycles. The normalized spacial score (nSPS) is 11.9. The van der Waals surface area contributed by atoms with E-state index in [-0.39, 0.29) is 5.16 Å². The molecule has 0 N–H and O–H groups in total. The maximum atomic E-state index is 12.3. The molecule has 0 saturated heterocycles. The molecule has 0 aliphatic rings. The van der Waals surface area contributed by atoms with Crippen LogP contribution in [0.1, 0.15) is 5.56 Å². The maximum absolute atomic E-state index is 12.3. The zero-order valence-corrected chi connectivity index (χ0v) is 9.02. The lowest BCUT2D eigenvalue weighted by molar-refractivity contribution is -0.137. The average molecular weight is 263 g/mol. The Balaban J connectivity index is 3.33. The third-order valence-corrected chi connectivity index (χ3v) is 2.36. The summed E-state index contributed by atoms with van der Waals surface area (Å²) in [7, 11) is 0. The zero-order valence-electron chi connectivity index (χ0n) is 6.69. The predicted molar refractivity (Wildman–Crippen MR) is 48.8 cm³/mol. The number of hydrogen-bond acceptors (Lipinski definition) is 3. The monoisotopic (exact) mass is 262 g/mol. The highest BCUT2D eigenvalue weighted by atomic mass is 35.5. The first-order valence-corrected chi connectivity index (χ1v) is 5.18. The third kappa shape index (κ3) is 2.43. The van der Waals surface area contributed by atoms with E-state index in [1.54, 1.807) is 6.26 Å². The van der Waals surface area contributed by atoms with Crippen molar-refractivity contribution >= 4 is 35.0 Å². The molecule has 2 nitrogen and oxygen atoms in total. The standard InChI is InChI=1S/C6H3Cl2F3N2S/c1-14-5-12-3(7)2(4(8)13-5)6(9,10)11/h1H3. The molecule has 1 heterocycles. The number of hydrogen-bond donors (Lipinski definition) is 0. The Hall–Kier alpha value is -0.200. The number of thioether (sulfide) groups is 1. The summed E-state index contributed by atoms with van der Waals surface area (Å²) in [6, 6.07) is 0. The lowest BCUT2D eigenvalue weighted by Crippen LogP contribution is -2.09. The molecule has 0 aromatic carbocycles. The van der Waals surface area contributed by atoms with Crippen molar-refractivity contribution in [3.8, 4) is 0 Å². The molecule has 1 aromatic heterocycles. The summed E-state index contributed by atoms with van der Waals surface area (Å²) < 4.78 is 36.9. The van der Waals surface area contributed by atoms with Crippen molar-refractivity contribution in [1.82, 2.24) is 9.97 Å². The molecule has 0 amide bonds. The summed E-state index contributed by atoms with van der Waals surface area (Å²) in [5, 5.41) is -1.25. The smallest absolute Gasteiger partial charge is 0.210 e. The van der Waals surface area contributed by atoms with Crippen LogP contribution in [0.25, 0.3) is 0 Å². The Morgan fingerprint density at radius 3 is 1.86 bits per heavy atom. The molecule has 0 radical (unpaired) electrons. The van der Waals surface area contributed by atoms with Crippen LogP contribution in [0, 0.1) is 0 Å². The van der Waals surface area contributed by atoms with Crippen LogP contribution in [0.5, 0.6) is 0 Å². The van der Waals surface area contributed by atoms with E-state index in [9.17, 15) is 13.2 Å². The van der Waals surface area contributed by atoms with Gasteiger partial charge in [-0.15, -0.1) is 0 Å². The predicted octanol–water partition coefficient (Wildman–Crippen LogP) is 3.52. The van der Waals surface area contributed by atoms with E-state index < -0.39 is 22.0 Å². The van der Waals surface area contributed by atoms with E-state index in [0.29, 0.717) is 0 Å². The molecule has 14 heavy (non-hydrogen) atoms. The van der Waals surface area contributed by atoms with Gasteiger partial charge in [0.25, 0.3) is 0 Å². The third-order valence-electron chi connectivity index (χ3n) is 1.27. The Morgan fingerprint density at radius 2 is 1.57 bits per heavy atom. The number of rotatable bonds is 1. The van der Waals surface area contributed by atoms with Crippen molar-refractivity contribution in [2.45, 2.75) is 11.3 Å². The number of alkyl halides is 3. The van der Waals surface area contributed by atoms with Crippen LogP contribution >= 0.6 is 35.0 Å². The van der Waals surface area contributed by atoms with Gasteiger partial charge in [0.05, 0.1) is 0 Å². The van der Waals surface area contributed by atoms with Gasteiger partial charge in [-0.2, -0.15) is 13.2 Å². The fraction of sp³-hybridized carbons (Fsp3) is 0.333. The van der Waals surface area contributed by atoms with Crippen LogP contribution < -0.4 is 0 Å². The number of aromatic nitrogens is 2. The van der Waals surface area contributed by atoms with Gasteiger partial charge in [-0.25, -0.2) is 9.97 Å². The van der Waals surface area contributed by atoms with Crippen LogP contribution in [0.4, 0.5) is 13.2 Å². The fourth-order valence-corrected chi connectivity index (χ4v) is 1.78. The highest BCUT2D eigenvalue weighted by Crippen LogP contribution is 2.38. The van der Waals surface area contributed by atoms with Gasteiger partial charge in [-0.1, -0.05) is 35.0 Å². The van der Waals surface area contributed by atoms with Crippen molar-refractivity contribution in [3.05, 3.63) is 15.9 Å². The van der Waals surface area contributed by atoms with E-state index in [0.717, 1.165) is 11.8 Å². The zero-order chi connectivity index (χ0) is 10.9. The summed E-state index contributed by atoms with van der Waals surface area (Å²) in [6.45, 7) is 0. The van der Waals surface area contributed by atoms with E-state index in [1.165, 1.54) is 0 Å². The van der Waals surface area contributed by atoms with E-state index in [1.807, 2.05) is 0 Å². The van der Waals surface area contributed by atoms with Gasteiger partial charge in [0.1, 0.15) is 15.9 Å². The summed E-state index contributed by atoms with van der Waals surface area (Å²) in [5.74, 6) is 0. The SMILES string of the molecule is CSc1nc(Cl)c(C(F)(F)F)c(Cl)n1. The molecule has 0 aliphatic heterocycles. The van der Waals surface area contributed by atoms with E-state index in [4.69, 9.17) is 23.2 Å². The van der Waals surface area contributed by atoms with Crippen LogP contribution in [-0.2, 0) is 6.18 Å². The highest BCUT2D eigenvalue weighted by Gasteiger charge is 2.37. The molecular formula is C6H3Cl2F3N2S. The number of nitrogens with zero attached hydrogens (tertiary/aromatic N) is 2. The minimum Gasteiger partial charge on any atom is -0.210 e. The van der Waals surface area contributed by atoms with Crippen LogP contribution in [0.2, 0.25) is 10.3 Å². The molecular weight excluding hydrogens is 260 g/mol. The van der Waals surface area contributed by atoms with Crippen molar-refractivity contribution < 1.29 is 13.2 Å². The minimum absolute atomic E-state index is 0.105. The van der Waals surface area contributed by atoms with Crippen molar-refractivity contribution in [3.63, 3.8) is 0 Å². The van der Waals surface area contributed by atoms with E-state index in [2.05, 4.69) is 9.97 Å². The Morgan fingerprint density at radius 1 is 1.14 bits per heavy atom. The second kappa shape index (κ2) is 4.12. The quantitative estimate of drug-likeness (QED) is 0.440. The van der Waals surface area contributed by atoms with E-state index >= 15 is 0 Å². The van der Waals surface area contributed by atoms with Crippen molar-refractivity contribution in [2.24, 2.45) is 0 Å². The molecule has 0 fully saturated rings. The molecule has 78 valence electrons. The molecule has 0 unspecified atom stereocenters. The summed E-state index contributed by atoms with van der Waals surface area (Å²) >= 11 is 11.7. The van der Waals surface area contributed by atoms with Crippen LogP contribution in [0.15, 0.2) is 5.16 Å². The Labute approximate surface area is 91.8 Å². The van der Waals surface area contributed by atoms with Gasteiger partial charge in [0.2, 0.25) is 0 Å². The largest absolute Gasteiger partial charge is 0.422 e. The van der Waals surface area contributed by atoms with Gasteiger partial charge in [0, 0.05) is 0 Å². The summed E-state index contributed by atoms with van der Waals surface area (Å²) in [4.78, 5) is 6.86. The number of halogens is 5. The van der Waals surface area contributed by atoms with Gasteiger partial charge in [-0.3, -0.25) is 0 Å². The molecule has 0 spiro atoms. The molecule has 0 atom stereocenters. The molecule has 8 heteroatoms. The van der Waals surface area contributed by atoms with Crippen molar-refractivity contribution in [1.29, 1.82) is 0 Å². The molecule has 0 bridgehead atoms. The molecule has 1 aromatic rings. The van der Waals surface area contributed by atoms with Gasteiger partial charge < -0.3 is 0 Å². The highest BCUT2D eigenvalue weighted by molar-refractivity contribution is 7.98. The second-order valence-corrected chi connectivity index (χ2v) is 3.65. The summed E-state index contributed by atoms with van der Waals surface area (Å²) in [5.41, 5.74) is -1.20. The first-order valence-electron chi connectivity index (χ1n) is 3.20. The van der Waals surface area contributed by atoms with Crippen LogP contribution in [0.3, 0.4) is 0 Å². The second-order valence-electron chi connectivity index (χ2n) is 2.16.